The van der Waals surface area contributed by atoms with E-state index in [1.165, 1.54) is 0 Å². The van der Waals surface area contributed by atoms with Crippen molar-refractivity contribution < 1.29 is 14.3 Å². The lowest BCUT2D eigenvalue weighted by atomic mass is 10.1. The quantitative estimate of drug-likeness (QED) is 0.692. The van der Waals surface area contributed by atoms with Gasteiger partial charge in [0.2, 0.25) is 5.91 Å². The molecule has 1 saturated heterocycles. The molecule has 5 nitrogen and oxygen atoms in total. The molecule has 1 aliphatic rings. The third-order valence-corrected chi connectivity index (χ3v) is 2.71. The minimum Gasteiger partial charge on any atom is -0.382 e. The maximum atomic E-state index is 11.9. The second-order valence-corrected chi connectivity index (χ2v) is 4.86. The molecule has 1 rings (SSSR count). The Bertz CT molecular complexity index is 243. The van der Waals surface area contributed by atoms with Gasteiger partial charge in [0.25, 0.3) is 0 Å². The summed E-state index contributed by atoms with van der Waals surface area (Å²) in [6.07, 6.45) is 0.868. The Morgan fingerprint density at radius 1 is 1.50 bits per heavy atom. The monoisotopic (exact) mass is 230 g/mol. The van der Waals surface area contributed by atoms with E-state index < -0.39 is 0 Å². The van der Waals surface area contributed by atoms with Crippen molar-refractivity contribution in [2.45, 2.75) is 38.0 Å². The van der Waals surface area contributed by atoms with E-state index in [0.717, 1.165) is 13.0 Å². The van der Waals surface area contributed by atoms with E-state index in [9.17, 15) is 4.79 Å². The van der Waals surface area contributed by atoms with E-state index in [1.54, 1.807) is 14.2 Å². The van der Waals surface area contributed by atoms with Crippen molar-refractivity contribution in [2.75, 3.05) is 27.4 Å². The molecule has 0 bridgehead atoms. The minimum absolute atomic E-state index is 0.0154. The molecule has 0 aromatic heterocycles. The Labute approximate surface area is 96.9 Å². The first-order valence-electron chi connectivity index (χ1n) is 5.55. The third-order valence-electron chi connectivity index (χ3n) is 2.71. The lowest BCUT2D eigenvalue weighted by Crippen LogP contribution is -2.52. The van der Waals surface area contributed by atoms with E-state index in [0.29, 0.717) is 6.61 Å². The summed E-state index contributed by atoms with van der Waals surface area (Å²) < 4.78 is 10.3. The lowest BCUT2D eigenvalue weighted by Gasteiger charge is -2.27. The summed E-state index contributed by atoms with van der Waals surface area (Å²) in [5, 5.41) is 6.11. The SMILES string of the molecule is COCC(C)(C)NC(=O)C1CC(OC)CN1. The molecule has 0 saturated carbocycles. The maximum Gasteiger partial charge on any atom is 0.237 e. The molecule has 1 aliphatic heterocycles. The van der Waals surface area contributed by atoms with Crippen LogP contribution in [0.3, 0.4) is 0 Å². The predicted molar refractivity (Wildman–Crippen MR) is 61.3 cm³/mol. The van der Waals surface area contributed by atoms with Crippen LogP contribution in [0.25, 0.3) is 0 Å². The fourth-order valence-electron chi connectivity index (χ4n) is 1.90. The van der Waals surface area contributed by atoms with Crippen LogP contribution in [0, 0.1) is 0 Å². The van der Waals surface area contributed by atoms with Crippen LogP contribution in [0.15, 0.2) is 0 Å². The van der Waals surface area contributed by atoms with Crippen LogP contribution in [-0.2, 0) is 14.3 Å². The molecule has 16 heavy (non-hydrogen) atoms. The second-order valence-electron chi connectivity index (χ2n) is 4.86. The van der Waals surface area contributed by atoms with Crippen LogP contribution in [0.2, 0.25) is 0 Å². The molecule has 5 heteroatoms. The average Bonchev–Trinajstić information content (AvgIpc) is 2.64. The first-order chi connectivity index (χ1) is 7.48. The van der Waals surface area contributed by atoms with Crippen molar-refractivity contribution in [2.24, 2.45) is 0 Å². The summed E-state index contributed by atoms with van der Waals surface area (Å²) in [4.78, 5) is 11.9. The number of ether oxygens (including phenoxy) is 2. The van der Waals surface area contributed by atoms with E-state index in [1.807, 2.05) is 13.8 Å². The number of carbonyl (C=O) groups is 1. The first kappa shape index (κ1) is 13.4. The summed E-state index contributed by atoms with van der Waals surface area (Å²) in [5.41, 5.74) is -0.335. The molecule has 94 valence electrons. The van der Waals surface area contributed by atoms with E-state index >= 15 is 0 Å². The van der Waals surface area contributed by atoms with Crippen molar-refractivity contribution in [1.29, 1.82) is 0 Å². The Morgan fingerprint density at radius 3 is 2.69 bits per heavy atom. The zero-order valence-corrected chi connectivity index (χ0v) is 10.5. The molecule has 2 N–H and O–H groups in total. The average molecular weight is 230 g/mol. The molecule has 0 radical (unpaired) electrons. The zero-order chi connectivity index (χ0) is 12.2. The minimum atomic E-state index is -0.335. The predicted octanol–water partition coefficient (Wildman–Crippen LogP) is -0.0955. The van der Waals surface area contributed by atoms with Crippen LogP contribution >= 0.6 is 0 Å². The molecule has 2 atom stereocenters. The van der Waals surface area contributed by atoms with Gasteiger partial charge in [-0.15, -0.1) is 0 Å². The van der Waals surface area contributed by atoms with Gasteiger partial charge >= 0.3 is 0 Å². The number of carbonyl (C=O) groups excluding carboxylic acids is 1. The Morgan fingerprint density at radius 2 is 2.19 bits per heavy atom. The van der Waals surface area contributed by atoms with Crippen LogP contribution < -0.4 is 10.6 Å². The highest BCUT2D eigenvalue weighted by Crippen LogP contribution is 2.11. The molecular formula is C11H22N2O3. The molecule has 0 aromatic carbocycles. The Balaban J connectivity index is 2.41. The standard InChI is InChI=1S/C11H22N2O3/c1-11(2,7-15-3)13-10(14)9-5-8(16-4)6-12-9/h8-9,12H,5-7H2,1-4H3,(H,13,14). The van der Waals surface area contributed by atoms with Crippen LogP contribution in [0.5, 0.6) is 0 Å². The number of nitrogens with one attached hydrogen (secondary N) is 2. The summed E-state index contributed by atoms with van der Waals surface area (Å²) in [7, 11) is 3.30. The van der Waals surface area contributed by atoms with Gasteiger partial charge in [-0.3, -0.25) is 4.79 Å². The second kappa shape index (κ2) is 5.61. The third kappa shape index (κ3) is 3.73. The topological polar surface area (TPSA) is 59.6 Å². The molecule has 1 heterocycles. The maximum absolute atomic E-state index is 11.9. The Kier molecular flexibility index (Phi) is 4.70. The number of methoxy groups -OCH3 is 2. The number of hydrogen-bond donors (Lipinski definition) is 2. The number of amides is 1. The highest BCUT2D eigenvalue weighted by atomic mass is 16.5. The van der Waals surface area contributed by atoms with Gasteiger partial charge in [-0.05, 0) is 20.3 Å². The van der Waals surface area contributed by atoms with Crippen LogP contribution in [-0.4, -0.2) is 51.0 Å². The summed E-state index contributed by atoms with van der Waals surface area (Å²) >= 11 is 0. The molecule has 0 spiro atoms. The van der Waals surface area contributed by atoms with Gasteiger partial charge in [0.1, 0.15) is 0 Å². The van der Waals surface area contributed by atoms with E-state index in [-0.39, 0.29) is 23.6 Å². The van der Waals surface area contributed by atoms with Gasteiger partial charge in [0.05, 0.1) is 24.3 Å². The zero-order valence-electron chi connectivity index (χ0n) is 10.5. The molecule has 2 unspecified atom stereocenters. The van der Waals surface area contributed by atoms with E-state index in [4.69, 9.17) is 9.47 Å². The van der Waals surface area contributed by atoms with E-state index in [2.05, 4.69) is 10.6 Å². The number of rotatable bonds is 5. The molecule has 0 aromatic rings. The normalized spacial score (nSPS) is 25.8. The molecule has 1 fully saturated rings. The largest absolute Gasteiger partial charge is 0.382 e. The fourth-order valence-corrected chi connectivity index (χ4v) is 1.90. The highest BCUT2D eigenvalue weighted by Gasteiger charge is 2.32. The van der Waals surface area contributed by atoms with Crippen molar-refractivity contribution >= 4 is 5.91 Å². The summed E-state index contributed by atoms with van der Waals surface area (Å²) in [6.45, 7) is 5.12. The van der Waals surface area contributed by atoms with Crippen molar-refractivity contribution in [3.63, 3.8) is 0 Å². The van der Waals surface area contributed by atoms with Crippen LogP contribution in [0.4, 0.5) is 0 Å². The van der Waals surface area contributed by atoms with Crippen molar-refractivity contribution in [3.8, 4) is 0 Å². The highest BCUT2D eigenvalue weighted by molar-refractivity contribution is 5.82. The van der Waals surface area contributed by atoms with Crippen molar-refractivity contribution in [3.05, 3.63) is 0 Å². The molecule has 0 aliphatic carbocycles. The molecule has 1 amide bonds. The number of hydrogen-bond acceptors (Lipinski definition) is 4. The van der Waals surface area contributed by atoms with Gasteiger partial charge < -0.3 is 20.1 Å². The fraction of sp³-hybridized carbons (Fsp3) is 0.909. The smallest absolute Gasteiger partial charge is 0.237 e. The summed E-state index contributed by atoms with van der Waals surface area (Å²) in [6, 6.07) is -0.152. The van der Waals surface area contributed by atoms with Gasteiger partial charge in [0, 0.05) is 20.8 Å². The van der Waals surface area contributed by atoms with Crippen LogP contribution in [0.1, 0.15) is 20.3 Å². The summed E-state index contributed by atoms with van der Waals surface area (Å²) in [5.74, 6) is 0.0154. The molecular weight excluding hydrogens is 208 g/mol. The van der Waals surface area contributed by atoms with Gasteiger partial charge in [0.15, 0.2) is 0 Å². The Hall–Kier alpha value is -0.650. The first-order valence-corrected chi connectivity index (χ1v) is 5.55. The van der Waals surface area contributed by atoms with Gasteiger partial charge in [-0.1, -0.05) is 0 Å². The van der Waals surface area contributed by atoms with Gasteiger partial charge in [-0.2, -0.15) is 0 Å². The van der Waals surface area contributed by atoms with Gasteiger partial charge in [-0.25, -0.2) is 0 Å². The van der Waals surface area contributed by atoms with Crippen molar-refractivity contribution in [1.82, 2.24) is 10.6 Å². The lowest BCUT2D eigenvalue weighted by molar-refractivity contribution is -0.125.